The zero-order valence-corrected chi connectivity index (χ0v) is 11.4. The molecule has 20 heavy (non-hydrogen) atoms. The molecule has 1 aromatic carbocycles. The van der Waals surface area contributed by atoms with Crippen LogP contribution in [0.2, 0.25) is 0 Å². The van der Waals surface area contributed by atoms with Crippen LogP contribution in [0.4, 0.5) is 5.69 Å². The van der Waals surface area contributed by atoms with E-state index in [1.54, 1.807) is 19.1 Å². The highest BCUT2D eigenvalue weighted by Crippen LogP contribution is 2.30. The largest absolute Gasteiger partial charge is 0.394 e. The third kappa shape index (κ3) is 2.65. The number of rotatable bonds is 4. The maximum atomic E-state index is 12.3. The highest BCUT2D eigenvalue weighted by Gasteiger charge is 2.36. The summed E-state index contributed by atoms with van der Waals surface area (Å²) in [6.45, 7) is 1.46. The second-order valence-electron chi connectivity index (χ2n) is 5.33. The molecule has 0 aliphatic heterocycles. The van der Waals surface area contributed by atoms with Crippen LogP contribution in [0.1, 0.15) is 41.6 Å². The second-order valence-corrected chi connectivity index (χ2v) is 5.33. The number of nitro benzene ring substituents is 1. The summed E-state index contributed by atoms with van der Waals surface area (Å²) in [5.74, 6) is -0.489. The van der Waals surface area contributed by atoms with E-state index >= 15 is 0 Å². The lowest BCUT2D eigenvalue weighted by molar-refractivity contribution is -0.385. The number of aryl methyl sites for hydroxylation is 1. The van der Waals surface area contributed by atoms with Crippen LogP contribution in [-0.2, 0) is 0 Å². The summed E-state index contributed by atoms with van der Waals surface area (Å²) in [7, 11) is 0. The predicted octanol–water partition coefficient (Wildman–Crippen LogP) is 1.94. The zero-order valence-electron chi connectivity index (χ0n) is 11.4. The van der Waals surface area contributed by atoms with Crippen molar-refractivity contribution in [1.29, 1.82) is 0 Å². The van der Waals surface area contributed by atoms with Crippen molar-refractivity contribution in [3.05, 3.63) is 39.4 Å². The van der Waals surface area contributed by atoms with Crippen LogP contribution < -0.4 is 5.32 Å². The van der Waals surface area contributed by atoms with Crippen molar-refractivity contribution < 1.29 is 14.8 Å². The molecule has 0 radical (unpaired) electrons. The summed E-state index contributed by atoms with van der Waals surface area (Å²) in [6.07, 6.45) is 3.29. The summed E-state index contributed by atoms with van der Waals surface area (Å²) >= 11 is 0. The van der Waals surface area contributed by atoms with E-state index in [2.05, 4.69) is 5.32 Å². The summed E-state index contributed by atoms with van der Waals surface area (Å²) < 4.78 is 0. The van der Waals surface area contributed by atoms with Gasteiger partial charge in [0.2, 0.25) is 0 Å². The molecule has 1 aromatic rings. The first kappa shape index (κ1) is 14.5. The Morgan fingerprint density at radius 1 is 1.45 bits per heavy atom. The fourth-order valence-electron chi connectivity index (χ4n) is 2.77. The molecule has 0 spiro atoms. The number of nitrogens with zero attached hydrogens (tertiary/aromatic N) is 1. The van der Waals surface area contributed by atoms with E-state index in [-0.39, 0.29) is 17.9 Å². The van der Waals surface area contributed by atoms with Crippen molar-refractivity contribution in [2.75, 3.05) is 6.61 Å². The molecule has 0 saturated heterocycles. The van der Waals surface area contributed by atoms with Gasteiger partial charge in [0.25, 0.3) is 11.6 Å². The number of hydrogen-bond acceptors (Lipinski definition) is 4. The molecule has 0 unspecified atom stereocenters. The Morgan fingerprint density at radius 3 is 2.65 bits per heavy atom. The van der Waals surface area contributed by atoms with Crippen molar-refractivity contribution >= 4 is 11.6 Å². The minimum absolute atomic E-state index is 0.0507. The molecular weight excluding hydrogens is 260 g/mol. The van der Waals surface area contributed by atoms with Crippen molar-refractivity contribution in [1.82, 2.24) is 5.32 Å². The van der Waals surface area contributed by atoms with E-state index < -0.39 is 16.4 Å². The molecule has 6 heteroatoms. The van der Waals surface area contributed by atoms with Crippen LogP contribution in [0, 0.1) is 17.0 Å². The number of benzene rings is 1. The first-order valence-electron chi connectivity index (χ1n) is 6.66. The molecule has 108 valence electrons. The first-order valence-corrected chi connectivity index (χ1v) is 6.66. The number of aliphatic hydroxyl groups excluding tert-OH is 1. The monoisotopic (exact) mass is 278 g/mol. The maximum Gasteiger partial charge on any atom is 0.285 e. The van der Waals surface area contributed by atoms with Crippen LogP contribution in [-0.4, -0.2) is 28.1 Å². The molecule has 1 saturated carbocycles. The lowest BCUT2D eigenvalue weighted by atomic mass is 9.97. The van der Waals surface area contributed by atoms with Crippen LogP contribution in [0.3, 0.4) is 0 Å². The molecule has 2 rings (SSSR count). The van der Waals surface area contributed by atoms with Crippen LogP contribution in [0.5, 0.6) is 0 Å². The highest BCUT2D eigenvalue weighted by atomic mass is 16.6. The Kier molecular flexibility index (Phi) is 4.04. The normalized spacial score (nSPS) is 16.9. The highest BCUT2D eigenvalue weighted by molar-refractivity contribution is 5.99. The van der Waals surface area contributed by atoms with Gasteiger partial charge >= 0.3 is 0 Å². The van der Waals surface area contributed by atoms with Gasteiger partial charge in [-0.2, -0.15) is 0 Å². The maximum absolute atomic E-state index is 12.3. The van der Waals surface area contributed by atoms with Gasteiger partial charge in [-0.25, -0.2) is 0 Å². The van der Waals surface area contributed by atoms with Gasteiger partial charge in [0, 0.05) is 5.56 Å². The summed E-state index contributed by atoms with van der Waals surface area (Å²) in [6, 6.07) is 4.67. The molecule has 1 aliphatic carbocycles. The van der Waals surface area contributed by atoms with Gasteiger partial charge in [0.15, 0.2) is 0 Å². The van der Waals surface area contributed by atoms with E-state index in [1.165, 1.54) is 6.07 Å². The van der Waals surface area contributed by atoms with Crippen molar-refractivity contribution in [3.63, 3.8) is 0 Å². The first-order chi connectivity index (χ1) is 9.49. The number of nitro groups is 1. The smallest absolute Gasteiger partial charge is 0.285 e. The standard InChI is InChI=1S/C14H18N2O4/c1-10-5-4-6-11(12(10)16(19)20)13(18)15-14(9-17)7-2-3-8-14/h4-6,17H,2-3,7-9H2,1H3,(H,15,18). The van der Waals surface area contributed by atoms with Gasteiger partial charge in [0.05, 0.1) is 17.1 Å². The van der Waals surface area contributed by atoms with Gasteiger partial charge < -0.3 is 10.4 Å². The van der Waals surface area contributed by atoms with Gasteiger partial charge in [-0.3, -0.25) is 14.9 Å². The fourth-order valence-corrected chi connectivity index (χ4v) is 2.77. The summed E-state index contributed by atoms with van der Waals surface area (Å²) in [5, 5.41) is 23.4. The number of hydrogen-bond donors (Lipinski definition) is 2. The SMILES string of the molecule is Cc1cccc(C(=O)NC2(CO)CCCC2)c1[N+](=O)[O-]. The van der Waals surface area contributed by atoms with E-state index in [9.17, 15) is 20.0 Å². The lowest BCUT2D eigenvalue weighted by Crippen LogP contribution is -2.49. The van der Waals surface area contributed by atoms with E-state index in [0.29, 0.717) is 18.4 Å². The van der Waals surface area contributed by atoms with Crippen LogP contribution >= 0.6 is 0 Å². The van der Waals surface area contributed by atoms with Crippen LogP contribution in [0.25, 0.3) is 0 Å². The molecule has 0 heterocycles. The predicted molar refractivity (Wildman–Crippen MR) is 73.6 cm³/mol. The van der Waals surface area contributed by atoms with Crippen molar-refractivity contribution in [3.8, 4) is 0 Å². The number of carbonyl (C=O) groups excluding carboxylic acids is 1. The Hall–Kier alpha value is -1.95. The molecule has 2 N–H and O–H groups in total. The molecule has 0 aromatic heterocycles. The quantitative estimate of drug-likeness (QED) is 0.650. The Balaban J connectivity index is 2.30. The third-order valence-electron chi connectivity index (χ3n) is 3.91. The molecule has 1 fully saturated rings. The molecule has 1 amide bonds. The number of nitrogens with one attached hydrogen (secondary N) is 1. The molecular formula is C14H18N2O4. The molecule has 0 bridgehead atoms. The minimum atomic E-state index is -0.630. The summed E-state index contributed by atoms with van der Waals surface area (Å²) in [4.78, 5) is 22.9. The Labute approximate surface area is 117 Å². The lowest BCUT2D eigenvalue weighted by Gasteiger charge is -2.27. The van der Waals surface area contributed by atoms with E-state index in [4.69, 9.17) is 0 Å². The second kappa shape index (κ2) is 5.58. The van der Waals surface area contributed by atoms with Crippen molar-refractivity contribution in [2.45, 2.75) is 38.1 Å². The third-order valence-corrected chi connectivity index (χ3v) is 3.91. The van der Waals surface area contributed by atoms with E-state index in [0.717, 1.165) is 12.8 Å². The fraction of sp³-hybridized carbons (Fsp3) is 0.500. The number of carbonyl (C=O) groups is 1. The van der Waals surface area contributed by atoms with Gasteiger partial charge in [0.1, 0.15) is 5.56 Å². The molecule has 1 aliphatic rings. The van der Waals surface area contributed by atoms with Gasteiger partial charge in [-0.05, 0) is 25.8 Å². The average molecular weight is 278 g/mol. The molecule has 6 nitrogen and oxygen atoms in total. The van der Waals surface area contributed by atoms with Gasteiger partial charge in [-0.1, -0.05) is 25.0 Å². The minimum Gasteiger partial charge on any atom is -0.394 e. The van der Waals surface area contributed by atoms with Crippen molar-refractivity contribution in [2.24, 2.45) is 0 Å². The summed E-state index contributed by atoms with van der Waals surface area (Å²) in [5.41, 5.74) is -0.299. The zero-order chi connectivity index (χ0) is 14.8. The number of para-hydroxylation sites is 1. The number of amides is 1. The average Bonchev–Trinajstić information content (AvgIpc) is 2.87. The number of aliphatic hydroxyl groups is 1. The van der Waals surface area contributed by atoms with Crippen LogP contribution in [0.15, 0.2) is 18.2 Å². The molecule has 0 atom stereocenters. The topological polar surface area (TPSA) is 92.5 Å². The van der Waals surface area contributed by atoms with Gasteiger partial charge in [-0.15, -0.1) is 0 Å². The Morgan fingerprint density at radius 2 is 2.10 bits per heavy atom. The Bertz CT molecular complexity index is 536. The van der Waals surface area contributed by atoms with E-state index in [1.807, 2.05) is 0 Å².